The Labute approximate surface area is 121 Å². The van der Waals surface area contributed by atoms with Crippen LogP contribution in [0.5, 0.6) is 0 Å². The molecule has 0 saturated carbocycles. The zero-order chi connectivity index (χ0) is 14.8. The van der Waals surface area contributed by atoms with Gasteiger partial charge in [-0.2, -0.15) is 10.1 Å². The van der Waals surface area contributed by atoms with E-state index in [0.717, 1.165) is 30.6 Å². The lowest BCUT2D eigenvalue weighted by Crippen LogP contribution is -2.24. The van der Waals surface area contributed by atoms with Gasteiger partial charge in [0.2, 0.25) is 5.89 Å². The number of nitrogens with zero attached hydrogens (tertiary/aromatic N) is 4. The van der Waals surface area contributed by atoms with E-state index in [0.29, 0.717) is 12.4 Å². The van der Waals surface area contributed by atoms with Gasteiger partial charge in [-0.05, 0) is 26.3 Å². The van der Waals surface area contributed by atoms with Crippen molar-refractivity contribution in [1.29, 1.82) is 0 Å². The van der Waals surface area contributed by atoms with E-state index in [-0.39, 0.29) is 17.8 Å². The highest BCUT2D eigenvalue weighted by molar-refractivity contribution is 5.90. The van der Waals surface area contributed by atoms with Crippen LogP contribution < -0.4 is 10.6 Å². The summed E-state index contributed by atoms with van der Waals surface area (Å²) < 4.78 is 6.87. The number of hydrogen-bond donors (Lipinski definition) is 2. The van der Waals surface area contributed by atoms with Gasteiger partial charge in [0, 0.05) is 25.4 Å². The number of aromatic nitrogens is 4. The maximum absolute atomic E-state index is 12.0. The zero-order valence-corrected chi connectivity index (χ0v) is 12.1. The smallest absolute Gasteiger partial charge is 0.292 e. The van der Waals surface area contributed by atoms with Gasteiger partial charge < -0.3 is 15.2 Å². The summed E-state index contributed by atoms with van der Waals surface area (Å²) >= 11 is 0. The molecule has 2 aromatic rings. The summed E-state index contributed by atoms with van der Waals surface area (Å²) in [6, 6.07) is 0.0691. The summed E-state index contributed by atoms with van der Waals surface area (Å²) in [5.74, 6) is 0.210. The molecule has 112 valence electrons. The topological polar surface area (TPSA) is 97.9 Å². The molecule has 0 bridgehead atoms. The van der Waals surface area contributed by atoms with E-state index in [9.17, 15) is 4.79 Å². The van der Waals surface area contributed by atoms with Crippen molar-refractivity contribution in [1.82, 2.24) is 30.6 Å². The molecule has 1 aliphatic rings. The molecule has 3 rings (SSSR count). The number of aryl methyl sites for hydroxylation is 2. The lowest BCUT2D eigenvalue weighted by molar-refractivity contribution is 0.0937. The lowest BCUT2D eigenvalue weighted by atomic mass is 10.2. The molecule has 1 atom stereocenters. The van der Waals surface area contributed by atoms with E-state index >= 15 is 0 Å². The first-order valence-corrected chi connectivity index (χ1v) is 6.98. The molecule has 0 aliphatic carbocycles. The third-order valence-corrected chi connectivity index (χ3v) is 3.56. The van der Waals surface area contributed by atoms with Crippen LogP contribution in [-0.2, 0) is 13.6 Å². The van der Waals surface area contributed by atoms with Crippen molar-refractivity contribution >= 4 is 5.91 Å². The molecule has 0 radical (unpaired) electrons. The molecule has 3 heterocycles. The van der Waals surface area contributed by atoms with E-state index < -0.39 is 0 Å². The molecule has 8 nitrogen and oxygen atoms in total. The van der Waals surface area contributed by atoms with Crippen molar-refractivity contribution in [3.8, 4) is 0 Å². The molecule has 2 N–H and O–H groups in total. The zero-order valence-electron chi connectivity index (χ0n) is 12.1. The second-order valence-corrected chi connectivity index (χ2v) is 5.20. The maximum atomic E-state index is 12.0. The maximum Gasteiger partial charge on any atom is 0.292 e. The van der Waals surface area contributed by atoms with Crippen molar-refractivity contribution in [2.75, 3.05) is 6.54 Å². The quantitative estimate of drug-likeness (QED) is 0.849. The first kappa shape index (κ1) is 13.7. The van der Waals surface area contributed by atoms with Crippen LogP contribution in [0.1, 0.15) is 46.7 Å². The predicted molar refractivity (Wildman–Crippen MR) is 73.4 cm³/mol. The van der Waals surface area contributed by atoms with Crippen LogP contribution >= 0.6 is 0 Å². The van der Waals surface area contributed by atoms with Crippen LogP contribution in [0, 0.1) is 6.92 Å². The highest BCUT2D eigenvalue weighted by Gasteiger charge is 2.24. The number of carbonyl (C=O) groups excluding carboxylic acids is 1. The van der Waals surface area contributed by atoms with Crippen LogP contribution in [0.2, 0.25) is 0 Å². The molecule has 1 unspecified atom stereocenters. The van der Waals surface area contributed by atoms with Crippen LogP contribution in [0.4, 0.5) is 0 Å². The van der Waals surface area contributed by atoms with Gasteiger partial charge in [-0.1, -0.05) is 5.16 Å². The lowest BCUT2D eigenvalue weighted by Gasteiger charge is -2.02. The van der Waals surface area contributed by atoms with E-state index in [1.54, 1.807) is 4.68 Å². The van der Waals surface area contributed by atoms with Gasteiger partial charge >= 0.3 is 0 Å². The van der Waals surface area contributed by atoms with Crippen LogP contribution in [0.3, 0.4) is 0 Å². The van der Waals surface area contributed by atoms with E-state index in [1.807, 2.05) is 20.2 Å². The summed E-state index contributed by atoms with van der Waals surface area (Å²) in [5.41, 5.74) is 1.86. The minimum absolute atomic E-state index is 0.0691. The fourth-order valence-corrected chi connectivity index (χ4v) is 2.44. The van der Waals surface area contributed by atoms with Crippen molar-refractivity contribution in [2.24, 2.45) is 7.05 Å². The van der Waals surface area contributed by atoms with E-state index in [1.165, 1.54) is 0 Å². The SMILES string of the molecule is Cc1nn(C)cc1CNC(=O)c1noc(C2CCCN2)n1. The molecular weight excluding hydrogens is 272 g/mol. The van der Waals surface area contributed by atoms with Crippen molar-refractivity contribution in [3.63, 3.8) is 0 Å². The van der Waals surface area contributed by atoms with Crippen LogP contribution in [-0.4, -0.2) is 32.4 Å². The molecule has 1 aliphatic heterocycles. The molecule has 8 heteroatoms. The highest BCUT2D eigenvalue weighted by Crippen LogP contribution is 2.20. The number of amides is 1. The second kappa shape index (κ2) is 5.65. The standard InChI is InChI=1S/C13H18N6O2/c1-8-9(7-19(2)17-8)6-15-12(20)11-16-13(21-18-11)10-4-3-5-14-10/h7,10,14H,3-6H2,1-2H3,(H,15,20). The van der Waals surface area contributed by atoms with Crippen molar-refractivity contribution in [2.45, 2.75) is 32.4 Å². The van der Waals surface area contributed by atoms with Crippen LogP contribution in [0.15, 0.2) is 10.7 Å². The van der Waals surface area contributed by atoms with Crippen molar-refractivity contribution in [3.05, 3.63) is 29.2 Å². The largest absolute Gasteiger partial charge is 0.345 e. The predicted octanol–water partition coefficient (Wildman–Crippen LogP) is 0.466. The Bertz CT molecular complexity index is 641. The molecule has 1 amide bonds. The minimum atomic E-state index is -0.341. The van der Waals surface area contributed by atoms with Crippen LogP contribution in [0.25, 0.3) is 0 Å². The van der Waals surface area contributed by atoms with Gasteiger partial charge in [0.25, 0.3) is 11.7 Å². The Morgan fingerprint density at radius 1 is 1.62 bits per heavy atom. The molecule has 1 fully saturated rings. The number of nitrogens with one attached hydrogen (secondary N) is 2. The minimum Gasteiger partial charge on any atom is -0.345 e. The molecule has 21 heavy (non-hydrogen) atoms. The molecular formula is C13H18N6O2. The summed E-state index contributed by atoms with van der Waals surface area (Å²) in [7, 11) is 1.85. The summed E-state index contributed by atoms with van der Waals surface area (Å²) in [6.07, 6.45) is 3.91. The normalized spacial score (nSPS) is 18.1. The molecule has 0 spiro atoms. The Morgan fingerprint density at radius 3 is 3.14 bits per heavy atom. The van der Waals surface area contributed by atoms with Gasteiger partial charge in [0.15, 0.2) is 0 Å². The Hall–Kier alpha value is -2.22. The average Bonchev–Trinajstić information content (AvgIpc) is 3.16. The summed E-state index contributed by atoms with van der Waals surface area (Å²) in [4.78, 5) is 16.2. The highest BCUT2D eigenvalue weighted by atomic mass is 16.5. The Kier molecular flexibility index (Phi) is 3.70. The third kappa shape index (κ3) is 2.94. The number of hydrogen-bond acceptors (Lipinski definition) is 6. The summed E-state index contributed by atoms with van der Waals surface area (Å²) in [5, 5.41) is 14.0. The van der Waals surface area contributed by atoms with E-state index in [2.05, 4.69) is 25.9 Å². The van der Waals surface area contributed by atoms with Crippen molar-refractivity contribution < 1.29 is 9.32 Å². The average molecular weight is 290 g/mol. The summed E-state index contributed by atoms with van der Waals surface area (Å²) in [6.45, 7) is 3.23. The Balaban J connectivity index is 1.61. The van der Waals surface area contributed by atoms with Gasteiger partial charge in [0.1, 0.15) is 0 Å². The fraction of sp³-hybridized carbons (Fsp3) is 0.538. The molecule has 1 saturated heterocycles. The number of rotatable bonds is 4. The van der Waals surface area contributed by atoms with Gasteiger partial charge in [0.05, 0.1) is 11.7 Å². The first-order chi connectivity index (χ1) is 10.1. The molecule has 2 aromatic heterocycles. The monoisotopic (exact) mass is 290 g/mol. The van der Waals surface area contributed by atoms with E-state index in [4.69, 9.17) is 4.52 Å². The van der Waals surface area contributed by atoms with Gasteiger partial charge in [-0.3, -0.25) is 9.48 Å². The molecule has 0 aromatic carbocycles. The third-order valence-electron chi connectivity index (χ3n) is 3.56. The first-order valence-electron chi connectivity index (χ1n) is 6.98. The van der Waals surface area contributed by atoms with Gasteiger partial charge in [-0.25, -0.2) is 0 Å². The van der Waals surface area contributed by atoms with Gasteiger partial charge in [-0.15, -0.1) is 0 Å². The Morgan fingerprint density at radius 2 is 2.48 bits per heavy atom. The fourth-order valence-electron chi connectivity index (χ4n) is 2.44. The number of carbonyl (C=O) groups is 1. The second-order valence-electron chi connectivity index (χ2n) is 5.20.